The number of hydrogen-bond donors (Lipinski definition) is 0. The first kappa shape index (κ1) is 11.9. The maximum Gasteiger partial charge on any atom is 0.417 e. The van der Waals surface area contributed by atoms with Crippen LogP contribution in [0.4, 0.5) is 19.0 Å². The molecule has 3 nitrogen and oxygen atoms in total. The van der Waals surface area contributed by atoms with Gasteiger partial charge in [0.1, 0.15) is 5.82 Å². The van der Waals surface area contributed by atoms with E-state index < -0.39 is 11.7 Å². The lowest BCUT2D eigenvalue weighted by atomic mass is 10.2. The van der Waals surface area contributed by atoms with Crippen molar-refractivity contribution in [1.29, 1.82) is 0 Å². The van der Waals surface area contributed by atoms with E-state index in [9.17, 15) is 18.0 Å². The fraction of sp³-hybridized carbons (Fsp3) is 0.455. The van der Waals surface area contributed by atoms with Crippen molar-refractivity contribution >= 4 is 11.7 Å². The normalized spacial score (nSPS) is 21.1. The topological polar surface area (TPSA) is 33.2 Å². The number of pyridine rings is 1. The molecule has 2 heterocycles. The molecule has 0 saturated carbocycles. The summed E-state index contributed by atoms with van der Waals surface area (Å²) in [5, 5.41) is 0. The molecule has 0 aromatic carbocycles. The largest absolute Gasteiger partial charge is 0.417 e. The van der Waals surface area contributed by atoms with Gasteiger partial charge in [0.2, 0.25) is 5.91 Å². The highest BCUT2D eigenvalue weighted by molar-refractivity contribution is 5.95. The molecule has 0 N–H and O–H groups in total. The number of anilines is 1. The zero-order valence-corrected chi connectivity index (χ0v) is 9.16. The molecule has 1 aromatic rings. The van der Waals surface area contributed by atoms with Crippen LogP contribution < -0.4 is 4.90 Å². The van der Waals surface area contributed by atoms with Crippen molar-refractivity contribution in [3.63, 3.8) is 0 Å². The molecule has 0 radical (unpaired) electrons. The van der Waals surface area contributed by atoms with Crippen molar-refractivity contribution in [2.45, 2.75) is 32.0 Å². The van der Waals surface area contributed by atoms with Crippen molar-refractivity contribution < 1.29 is 18.0 Å². The molecule has 1 amide bonds. The van der Waals surface area contributed by atoms with E-state index >= 15 is 0 Å². The molecule has 0 bridgehead atoms. The molecule has 0 spiro atoms. The third-order valence-electron chi connectivity index (χ3n) is 2.81. The monoisotopic (exact) mass is 244 g/mol. The average Bonchev–Trinajstić information content (AvgIpc) is 2.58. The highest BCUT2D eigenvalue weighted by atomic mass is 19.4. The average molecular weight is 244 g/mol. The number of halogens is 3. The third-order valence-corrected chi connectivity index (χ3v) is 2.81. The maximum atomic E-state index is 12.3. The molecule has 1 aromatic heterocycles. The van der Waals surface area contributed by atoms with E-state index in [0.29, 0.717) is 12.8 Å². The predicted molar refractivity (Wildman–Crippen MR) is 55.4 cm³/mol. The van der Waals surface area contributed by atoms with E-state index in [0.717, 1.165) is 12.3 Å². The lowest BCUT2D eigenvalue weighted by molar-refractivity contribution is -0.137. The molecule has 2 rings (SSSR count). The summed E-state index contributed by atoms with van der Waals surface area (Å²) in [5.41, 5.74) is -0.805. The van der Waals surface area contributed by atoms with Crippen LogP contribution in [0.1, 0.15) is 25.3 Å². The first-order chi connectivity index (χ1) is 7.89. The molecule has 1 unspecified atom stereocenters. The van der Waals surface area contributed by atoms with Gasteiger partial charge in [0.05, 0.1) is 5.56 Å². The Morgan fingerprint density at radius 1 is 1.41 bits per heavy atom. The van der Waals surface area contributed by atoms with Crippen molar-refractivity contribution in [2.24, 2.45) is 0 Å². The minimum Gasteiger partial charge on any atom is -0.294 e. The Bertz CT molecular complexity index is 427. The number of nitrogens with zero attached hydrogens (tertiary/aromatic N) is 2. The molecular weight excluding hydrogens is 233 g/mol. The zero-order valence-electron chi connectivity index (χ0n) is 9.16. The van der Waals surface area contributed by atoms with Gasteiger partial charge in [0, 0.05) is 18.7 Å². The lowest BCUT2D eigenvalue weighted by Gasteiger charge is -2.20. The Morgan fingerprint density at radius 3 is 2.53 bits per heavy atom. The van der Waals surface area contributed by atoms with Crippen molar-refractivity contribution in [3.05, 3.63) is 23.9 Å². The highest BCUT2D eigenvalue weighted by Crippen LogP contribution is 2.31. The Morgan fingerprint density at radius 2 is 2.12 bits per heavy atom. The van der Waals surface area contributed by atoms with Crippen LogP contribution >= 0.6 is 0 Å². The van der Waals surface area contributed by atoms with Crippen LogP contribution in [0.2, 0.25) is 0 Å². The minimum atomic E-state index is -4.40. The summed E-state index contributed by atoms with van der Waals surface area (Å²) in [7, 11) is 0. The second kappa shape index (κ2) is 4.01. The smallest absolute Gasteiger partial charge is 0.294 e. The molecule has 1 saturated heterocycles. The SMILES string of the molecule is CC1CCC(=O)N1c1ccc(C(F)(F)F)cn1. The molecule has 92 valence electrons. The second-order valence-corrected chi connectivity index (χ2v) is 4.05. The van der Waals surface area contributed by atoms with Gasteiger partial charge >= 0.3 is 6.18 Å². The van der Waals surface area contributed by atoms with Crippen LogP contribution in [-0.2, 0) is 11.0 Å². The van der Waals surface area contributed by atoms with Crippen molar-refractivity contribution in [2.75, 3.05) is 4.90 Å². The van der Waals surface area contributed by atoms with E-state index in [-0.39, 0.29) is 17.8 Å². The second-order valence-electron chi connectivity index (χ2n) is 4.05. The van der Waals surface area contributed by atoms with Gasteiger partial charge in [0.15, 0.2) is 0 Å². The number of alkyl halides is 3. The molecule has 1 aliphatic rings. The minimum absolute atomic E-state index is 0.00765. The zero-order chi connectivity index (χ0) is 12.6. The molecule has 0 aliphatic carbocycles. The van der Waals surface area contributed by atoms with Crippen LogP contribution in [0, 0.1) is 0 Å². The number of hydrogen-bond acceptors (Lipinski definition) is 2. The summed E-state index contributed by atoms with van der Waals surface area (Å²) in [4.78, 5) is 16.7. The summed E-state index contributed by atoms with van der Waals surface area (Å²) in [5.74, 6) is 0.192. The molecular formula is C11H11F3N2O. The van der Waals surface area contributed by atoms with E-state index in [1.54, 1.807) is 0 Å². The Kier molecular flexibility index (Phi) is 2.81. The summed E-state index contributed by atoms with van der Waals surface area (Å²) in [6.07, 6.45) is -2.51. The first-order valence-corrected chi connectivity index (χ1v) is 5.25. The Hall–Kier alpha value is -1.59. The highest BCUT2D eigenvalue weighted by Gasteiger charge is 2.33. The molecule has 1 fully saturated rings. The number of carbonyl (C=O) groups is 1. The van der Waals surface area contributed by atoms with Gasteiger partial charge in [-0.05, 0) is 25.5 Å². The third kappa shape index (κ3) is 2.25. The summed E-state index contributed by atoms with van der Waals surface area (Å²) < 4.78 is 37.0. The van der Waals surface area contributed by atoms with E-state index in [4.69, 9.17) is 0 Å². The van der Waals surface area contributed by atoms with Crippen LogP contribution in [0.25, 0.3) is 0 Å². The fourth-order valence-corrected chi connectivity index (χ4v) is 1.88. The Balaban J connectivity index is 2.27. The Labute approximate surface area is 96.3 Å². The van der Waals surface area contributed by atoms with Gasteiger partial charge in [0.25, 0.3) is 0 Å². The molecule has 1 aliphatic heterocycles. The lowest BCUT2D eigenvalue weighted by Crippen LogP contribution is -2.31. The maximum absolute atomic E-state index is 12.3. The van der Waals surface area contributed by atoms with Gasteiger partial charge in [-0.2, -0.15) is 13.2 Å². The van der Waals surface area contributed by atoms with Crippen LogP contribution in [0.15, 0.2) is 18.3 Å². The van der Waals surface area contributed by atoms with Crippen molar-refractivity contribution in [1.82, 2.24) is 4.98 Å². The first-order valence-electron chi connectivity index (χ1n) is 5.25. The van der Waals surface area contributed by atoms with Crippen LogP contribution in [0.5, 0.6) is 0 Å². The number of amides is 1. The van der Waals surface area contributed by atoms with Gasteiger partial charge in [-0.15, -0.1) is 0 Å². The predicted octanol–water partition coefficient (Wildman–Crippen LogP) is 2.62. The standard InChI is InChI=1S/C11H11F3N2O/c1-7-2-5-10(17)16(7)9-4-3-8(6-15-9)11(12,13)14/h3-4,6-7H,2,5H2,1H3. The van der Waals surface area contributed by atoms with E-state index in [2.05, 4.69) is 4.98 Å². The van der Waals surface area contributed by atoms with Crippen LogP contribution in [-0.4, -0.2) is 16.9 Å². The van der Waals surface area contributed by atoms with Gasteiger partial charge in [-0.3, -0.25) is 9.69 Å². The van der Waals surface area contributed by atoms with E-state index in [1.165, 1.54) is 11.0 Å². The molecule has 17 heavy (non-hydrogen) atoms. The van der Waals surface area contributed by atoms with Crippen LogP contribution in [0.3, 0.4) is 0 Å². The van der Waals surface area contributed by atoms with Crippen molar-refractivity contribution in [3.8, 4) is 0 Å². The number of rotatable bonds is 1. The summed E-state index contributed by atoms with van der Waals surface area (Å²) in [6.45, 7) is 1.85. The summed E-state index contributed by atoms with van der Waals surface area (Å²) >= 11 is 0. The quantitative estimate of drug-likeness (QED) is 0.760. The van der Waals surface area contributed by atoms with Gasteiger partial charge in [-0.1, -0.05) is 0 Å². The van der Waals surface area contributed by atoms with Gasteiger partial charge in [-0.25, -0.2) is 4.98 Å². The molecule has 6 heteroatoms. The summed E-state index contributed by atoms with van der Waals surface area (Å²) in [6, 6.07) is 2.18. The fourth-order valence-electron chi connectivity index (χ4n) is 1.88. The van der Waals surface area contributed by atoms with Gasteiger partial charge < -0.3 is 0 Å². The van der Waals surface area contributed by atoms with E-state index in [1.807, 2.05) is 6.92 Å². The molecule has 1 atom stereocenters. The number of aromatic nitrogens is 1. The number of carbonyl (C=O) groups excluding carboxylic acids is 1.